The van der Waals surface area contributed by atoms with Crippen molar-refractivity contribution in [3.05, 3.63) is 82.1 Å². The van der Waals surface area contributed by atoms with Crippen LogP contribution in [0.15, 0.2) is 65.5 Å². The molecule has 0 amide bonds. The van der Waals surface area contributed by atoms with Crippen molar-refractivity contribution in [2.45, 2.75) is 13.5 Å². The van der Waals surface area contributed by atoms with E-state index in [1.165, 1.54) is 4.57 Å². The van der Waals surface area contributed by atoms with E-state index in [2.05, 4.69) is 0 Å². The fourth-order valence-electron chi connectivity index (χ4n) is 2.52. The van der Waals surface area contributed by atoms with Gasteiger partial charge in [0.15, 0.2) is 5.78 Å². The average molecular weight is 277 g/mol. The second kappa shape index (κ2) is 5.37. The predicted molar refractivity (Wildman–Crippen MR) is 83.7 cm³/mol. The predicted octanol–water partition coefficient (Wildman–Crippen LogP) is 3.19. The number of hydrogen-bond acceptors (Lipinski definition) is 2. The van der Waals surface area contributed by atoms with Gasteiger partial charge in [-0.1, -0.05) is 48.5 Å². The zero-order chi connectivity index (χ0) is 14.8. The molecule has 0 atom stereocenters. The number of carbonyl (C=O) groups excluding carboxylic acids is 1. The van der Waals surface area contributed by atoms with Crippen LogP contribution in [0.25, 0.3) is 10.9 Å². The Balaban J connectivity index is 2.09. The second-order valence-electron chi connectivity index (χ2n) is 5.06. The summed E-state index contributed by atoms with van der Waals surface area (Å²) in [4.78, 5) is 24.6. The number of carbonyl (C=O) groups is 1. The molecule has 1 heterocycles. The molecule has 0 radical (unpaired) electrons. The molecule has 2 aromatic carbocycles. The minimum absolute atomic E-state index is 0.0592. The summed E-state index contributed by atoms with van der Waals surface area (Å²) in [5, 5.41) is 0.998. The van der Waals surface area contributed by atoms with Crippen LogP contribution in [0.3, 0.4) is 0 Å². The topological polar surface area (TPSA) is 39.1 Å². The normalized spacial score (nSPS) is 10.7. The van der Waals surface area contributed by atoms with Gasteiger partial charge >= 0.3 is 0 Å². The Kier molecular flexibility index (Phi) is 3.40. The number of fused-ring (bicyclic) bond motifs is 1. The molecule has 0 aliphatic carbocycles. The van der Waals surface area contributed by atoms with E-state index < -0.39 is 0 Å². The molecule has 0 bridgehead atoms. The van der Waals surface area contributed by atoms with Gasteiger partial charge in [0.25, 0.3) is 5.56 Å². The zero-order valence-electron chi connectivity index (χ0n) is 11.7. The number of para-hydroxylation sites is 1. The number of benzene rings is 2. The van der Waals surface area contributed by atoms with Gasteiger partial charge in [0, 0.05) is 17.0 Å². The lowest BCUT2D eigenvalue weighted by Crippen LogP contribution is -2.24. The molecule has 0 saturated heterocycles. The van der Waals surface area contributed by atoms with Crippen molar-refractivity contribution in [2.24, 2.45) is 0 Å². The zero-order valence-corrected chi connectivity index (χ0v) is 11.7. The van der Waals surface area contributed by atoms with E-state index in [0.29, 0.717) is 5.56 Å². The lowest BCUT2D eigenvalue weighted by atomic mass is 10.1. The first-order chi connectivity index (χ1) is 10.2. The minimum Gasteiger partial charge on any atom is -0.300 e. The number of rotatable bonds is 3. The van der Waals surface area contributed by atoms with Gasteiger partial charge in [-0.3, -0.25) is 9.59 Å². The summed E-state index contributed by atoms with van der Waals surface area (Å²) in [6.07, 6.45) is 0. The van der Waals surface area contributed by atoms with Gasteiger partial charge < -0.3 is 4.57 Å². The maximum atomic E-state index is 12.3. The molecular weight excluding hydrogens is 262 g/mol. The van der Waals surface area contributed by atoms with Gasteiger partial charge in [-0.15, -0.1) is 0 Å². The standard InChI is InChI=1S/C18H15NO2/c1-13-11-18(21)19(16-10-6-5-9-15(13)16)12-17(20)14-7-3-2-4-8-14/h2-11H,12H2,1H3. The molecule has 1 aromatic heterocycles. The highest BCUT2D eigenvalue weighted by molar-refractivity contribution is 5.96. The molecular formula is C18H15NO2. The molecule has 0 aliphatic rings. The monoisotopic (exact) mass is 277 g/mol. The smallest absolute Gasteiger partial charge is 0.251 e. The van der Waals surface area contributed by atoms with Crippen LogP contribution in [-0.4, -0.2) is 10.4 Å². The molecule has 0 N–H and O–H groups in total. The number of ketones is 1. The quantitative estimate of drug-likeness (QED) is 0.690. The van der Waals surface area contributed by atoms with Crippen molar-refractivity contribution >= 4 is 16.7 Å². The Morgan fingerprint density at radius 2 is 1.67 bits per heavy atom. The lowest BCUT2D eigenvalue weighted by Gasteiger charge is -2.11. The summed E-state index contributed by atoms with van der Waals surface area (Å²) in [6, 6.07) is 18.3. The van der Waals surface area contributed by atoms with E-state index in [1.54, 1.807) is 18.2 Å². The Labute approximate surface area is 122 Å². The highest BCUT2D eigenvalue weighted by Gasteiger charge is 2.11. The molecule has 0 aliphatic heterocycles. The van der Waals surface area contributed by atoms with Crippen LogP contribution in [0.4, 0.5) is 0 Å². The van der Waals surface area contributed by atoms with Crippen LogP contribution < -0.4 is 5.56 Å². The average Bonchev–Trinajstić information content (AvgIpc) is 2.52. The summed E-state index contributed by atoms with van der Waals surface area (Å²) in [5.74, 6) is -0.0632. The fraction of sp³-hybridized carbons (Fsp3) is 0.111. The van der Waals surface area contributed by atoms with E-state index in [0.717, 1.165) is 16.5 Å². The Morgan fingerprint density at radius 1 is 1.00 bits per heavy atom. The van der Waals surface area contributed by atoms with Crippen molar-refractivity contribution in [1.29, 1.82) is 0 Å². The Hall–Kier alpha value is -2.68. The van der Waals surface area contributed by atoms with Crippen LogP contribution in [0.5, 0.6) is 0 Å². The molecule has 3 aromatic rings. The van der Waals surface area contributed by atoms with E-state index in [4.69, 9.17) is 0 Å². The van der Waals surface area contributed by atoms with E-state index in [-0.39, 0.29) is 17.9 Å². The molecule has 0 spiro atoms. The highest BCUT2D eigenvalue weighted by atomic mass is 16.1. The summed E-state index contributed by atoms with van der Waals surface area (Å²) < 4.78 is 1.54. The number of Topliss-reactive ketones (excluding diaryl/α,β-unsaturated/α-hetero) is 1. The van der Waals surface area contributed by atoms with Crippen molar-refractivity contribution < 1.29 is 4.79 Å². The maximum Gasteiger partial charge on any atom is 0.251 e. The van der Waals surface area contributed by atoms with Crippen molar-refractivity contribution in [1.82, 2.24) is 4.57 Å². The first kappa shape index (κ1) is 13.3. The number of hydrogen-bond donors (Lipinski definition) is 0. The molecule has 0 fully saturated rings. The van der Waals surface area contributed by atoms with Gasteiger partial charge in [0.05, 0.1) is 12.1 Å². The third-order valence-corrected chi connectivity index (χ3v) is 3.62. The van der Waals surface area contributed by atoms with Crippen LogP contribution in [-0.2, 0) is 6.54 Å². The summed E-state index contributed by atoms with van der Waals surface area (Å²) in [5.41, 5.74) is 2.20. The van der Waals surface area contributed by atoms with Crippen LogP contribution in [0.1, 0.15) is 15.9 Å². The van der Waals surface area contributed by atoms with Crippen LogP contribution in [0, 0.1) is 6.92 Å². The third-order valence-electron chi connectivity index (χ3n) is 3.62. The number of aryl methyl sites for hydroxylation is 1. The molecule has 3 nitrogen and oxygen atoms in total. The van der Waals surface area contributed by atoms with E-state index in [1.807, 2.05) is 49.4 Å². The number of pyridine rings is 1. The van der Waals surface area contributed by atoms with Gasteiger partial charge in [0.2, 0.25) is 0 Å². The third kappa shape index (κ3) is 2.50. The summed E-state index contributed by atoms with van der Waals surface area (Å²) in [7, 11) is 0. The Bertz CT molecular complexity index is 863. The van der Waals surface area contributed by atoms with Crippen LogP contribution in [0.2, 0.25) is 0 Å². The number of nitrogens with zero attached hydrogens (tertiary/aromatic N) is 1. The maximum absolute atomic E-state index is 12.3. The second-order valence-corrected chi connectivity index (χ2v) is 5.06. The van der Waals surface area contributed by atoms with Crippen molar-refractivity contribution in [2.75, 3.05) is 0 Å². The van der Waals surface area contributed by atoms with Crippen molar-refractivity contribution in [3.63, 3.8) is 0 Å². The van der Waals surface area contributed by atoms with Crippen molar-refractivity contribution in [3.8, 4) is 0 Å². The van der Waals surface area contributed by atoms with E-state index in [9.17, 15) is 9.59 Å². The lowest BCUT2D eigenvalue weighted by molar-refractivity contribution is 0.0972. The molecule has 3 rings (SSSR count). The molecule has 104 valence electrons. The summed E-state index contributed by atoms with van der Waals surface area (Å²) in [6.45, 7) is 1.97. The van der Waals surface area contributed by atoms with Crippen LogP contribution >= 0.6 is 0 Å². The first-order valence-electron chi connectivity index (χ1n) is 6.84. The largest absolute Gasteiger partial charge is 0.300 e. The SMILES string of the molecule is Cc1cc(=O)n(CC(=O)c2ccccc2)c2ccccc12. The molecule has 0 saturated carbocycles. The van der Waals surface area contributed by atoms with Gasteiger partial charge in [-0.2, -0.15) is 0 Å². The van der Waals surface area contributed by atoms with Gasteiger partial charge in [-0.05, 0) is 18.6 Å². The van der Waals surface area contributed by atoms with Gasteiger partial charge in [0.1, 0.15) is 0 Å². The Morgan fingerprint density at radius 3 is 2.43 bits per heavy atom. The summed E-state index contributed by atoms with van der Waals surface area (Å²) >= 11 is 0. The van der Waals surface area contributed by atoms with Gasteiger partial charge in [-0.25, -0.2) is 0 Å². The van der Waals surface area contributed by atoms with E-state index >= 15 is 0 Å². The molecule has 3 heteroatoms. The fourth-order valence-corrected chi connectivity index (χ4v) is 2.52. The molecule has 0 unspecified atom stereocenters. The first-order valence-corrected chi connectivity index (χ1v) is 6.84. The molecule has 21 heavy (non-hydrogen) atoms. The highest BCUT2D eigenvalue weighted by Crippen LogP contribution is 2.16. The number of aromatic nitrogens is 1. The minimum atomic E-state index is -0.143.